The maximum atomic E-state index is 10.2. The van der Waals surface area contributed by atoms with Gasteiger partial charge in [-0.2, -0.15) is 5.26 Å². The van der Waals surface area contributed by atoms with E-state index < -0.39 is 12.0 Å². The zero-order valence-electron chi connectivity index (χ0n) is 9.47. The summed E-state index contributed by atoms with van der Waals surface area (Å²) in [5.74, 6) is -0.841. The minimum Gasteiger partial charge on any atom is -0.480 e. The van der Waals surface area contributed by atoms with Crippen molar-refractivity contribution in [3.8, 4) is 6.07 Å². The predicted molar refractivity (Wildman–Crippen MR) is 60.6 cm³/mol. The van der Waals surface area contributed by atoms with Crippen LogP contribution >= 0.6 is 0 Å². The summed E-state index contributed by atoms with van der Waals surface area (Å²) in [4.78, 5) is 12.9. The van der Waals surface area contributed by atoms with E-state index >= 15 is 0 Å². The number of nitrogens with one attached hydrogen (secondary N) is 1. The smallest absolute Gasteiger partial charge is 0.320 e. The van der Waals surface area contributed by atoms with Crippen molar-refractivity contribution in [1.82, 2.24) is 4.98 Å². The Morgan fingerprint density at radius 3 is 2.56 bits per heavy atom. The molecular formula is C11H17N3O2. The summed E-state index contributed by atoms with van der Waals surface area (Å²) < 4.78 is 0. The van der Waals surface area contributed by atoms with Gasteiger partial charge in [0.2, 0.25) is 0 Å². The molecule has 0 aliphatic carbocycles. The van der Waals surface area contributed by atoms with E-state index in [4.69, 9.17) is 16.1 Å². The maximum Gasteiger partial charge on any atom is 0.320 e. The molecule has 0 radical (unpaired) electrons. The lowest BCUT2D eigenvalue weighted by atomic mass is 10.0. The molecular weight excluding hydrogens is 206 g/mol. The first-order chi connectivity index (χ1) is 7.52. The van der Waals surface area contributed by atoms with Gasteiger partial charge in [-0.05, 0) is 18.1 Å². The fraction of sp³-hybridized carbons (Fsp3) is 0.455. The number of hydrogen-bond donors (Lipinski definition) is 3. The standard InChI is InChI=1S/C6H13NO2.C5H4N2/c1-3-4(2)5(7)6(8)9;6-4-5-2-1-3-7-5/h4-5H,3,7H2,1-2H3,(H,8,9);1-3,7H/t4-,5-;/m0./s1. The van der Waals surface area contributed by atoms with Crippen LogP contribution in [0.2, 0.25) is 0 Å². The number of rotatable bonds is 3. The first-order valence-electron chi connectivity index (χ1n) is 5.04. The number of nitrogens with two attached hydrogens (primary N) is 1. The SMILES string of the molecule is CC[C@H](C)[C@H](N)C(=O)O.N#Cc1ccc[nH]1. The van der Waals surface area contributed by atoms with Crippen LogP contribution in [0.3, 0.4) is 0 Å². The molecule has 0 spiro atoms. The molecule has 1 heterocycles. The third-order valence-electron chi connectivity index (χ3n) is 2.26. The number of aromatic amines is 1. The molecule has 5 nitrogen and oxygen atoms in total. The van der Waals surface area contributed by atoms with Crippen LogP contribution in [0.5, 0.6) is 0 Å². The van der Waals surface area contributed by atoms with E-state index in [2.05, 4.69) is 4.98 Å². The molecule has 1 aromatic rings. The molecule has 0 saturated carbocycles. The number of nitriles is 1. The van der Waals surface area contributed by atoms with Crippen molar-refractivity contribution < 1.29 is 9.90 Å². The summed E-state index contributed by atoms with van der Waals surface area (Å²) >= 11 is 0. The molecule has 5 heteroatoms. The normalized spacial score (nSPS) is 12.9. The van der Waals surface area contributed by atoms with E-state index in [9.17, 15) is 4.79 Å². The van der Waals surface area contributed by atoms with Crippen LogP contribution in [0.4, 0.5) is 0 Å². The molecule has 0 aliphatic heterocycles. The molecule has 0 unspecified atom stereocenters. The highest BCUT2D eigenvalue weighted by Gasteiger charge is 2.17. The first-order valence-corrected chi connectivity index (χ1v) is 5.04. The minimum atomic E-state index is -0.913. The Bertz CT molecular complexity index is 341. The van der Waals surface area contributed by atoms with Gasteiger partial charge < -0.3 is 15.8 Å². The summed E-state index contributed by atoms with van der Waals surface area (Å²) in [6, 6.07) is 4.76. The molecule has 4 N–H and O–H groups in total. The van der Waals surface area contributed by atoms with E-state index in [1.165, 1.54) is 0 Å². The second kappa shape index (κ2) is 7.49. The Labute approximate surface area is 94.9 Å². The fourth-order valence-electron chi connectivity index (χ4n) is 0.897. The second-order valence-corrected chi connectivity index (χ2v) is 3.45. The van der Waals surface area contributed by atoms with Gasteiger partial charge in [-0.25, -0.2) is 0 Å². The molecule has 0 fully saturated rings. The van der Waals surface area contributed by atoms with Crippen molar-refractivity contribution in [3.63, 3.8) is 0 Å². The number of carboxylic acid groups (broad SMARTS) is 1. The van der Waals surface area contributed by atoms with Crippen molar-refractivity contribution >= 4 is 5.97 Å². The Balaban J connectivity index is 0.000000288. The molecule has 1 rings (SSSR count). The Hall–Kier alpha value is -1.80. The molecule has 0 amide bonds. The van der Waals surface area contributed by atoms with Crippen LogP contribution < -0.4 is 5.73 Å². The van der Waals surface area contributed by atoms with Gasteiger partial charge >= 0.3 is 5.97 Å². The third kappa shape index (κ3) is 5.17. The van der Waals surface area contributed by atoms with Crippen LogP contribution in [0.1, 0.15) is 26.0 Å². The maximum absolute atomic E-state index is 10.2. The van der Waals surface area contributed by atoms with Crippen LogP contribution in [-0.4, -0.2) is 22.1 Å². The van der Waals surface area contributed by atoms with Crippen LogP contribution in [0.15, 0.2) is 18.3 Å². The van der Waals surface area contributed by atoms with Crippen LogP contribution in [0, 0.1) is 17.2 Å². The zero-order valence-corrected chi connectivity index (χ0v) is 9.47. The predicted octanol–water partition coefficient (Wildman–Crippen LogP) is 1.33. The van der Waals surface area contributed by atoms with Crippen molar-refractivity contribution in [2.45, 2.75) is 26.3 Å². The lowest BCUT2D eigenvalue weighted by Crippen LogP contribution is -2.36. The number of hydrogen-bond acceptors (Lipinski definition) is 3. The molecule has 0 aliphatic rings. The van der Waals surface area contributed by atoms with Crippen molar-refractivity contribution in [2.75, 3.05) is 0 Å². The van der Waals surface area contributed by atoms with Gasteiger partial charge in [0.25, 0.3) is 0 Å². The lowest BCUT2D eigenvalue weighted by Gasteiger charge is -2.11. The van der Waals surface area contributed by atoms with Gasteiger partial charge in [-0.15, -0.1) is 0 Å². The van der Waals surface area contributed by atoms with E-state index in [-0.39, 0.29) is 5.92 Å². The summed E-state index contributed by atoms with van der Waals surface area (Å²) in [6.45, 7) is 3.76. The van der Waals surface area contributed by atoms with Crippen LogP contribution in [-0.2, 0) is 4.79 Å². The minimum absolute atomic E-state index is 0.0718. The highest BCUT2D eigenvalue weighted by molar-refractivity contribution is 5.73. The van der Waals surface area contributed by atoms with E-state index in [0.29, 0.717) is 5.69 Å². The highest BCUT2D eigenvalue weighted by atomic mass is 16.4. The van der Waals surface area contributed by atoms with Crippen LogP contribution in [0.25, 0.3) is 0 Å². The summed E-state index contributed by atoms with van der Waals surface area (Å²) in [6.07, 6.45) is 2.53. The monoisotopic (exact) mass is 223 g/mol. The highest BCUT2D eigenvalue weighted by Crippen LogP contribution is 2.04. The Kier molecular flexibility index (Phi) is 6.64. The second-order valence-electron chi connectivity index (χ2n) is 3.45. The molecule has 88 valence electrons. The topological polar surface area (TPSA) is 103 Å². The van der Waals surface area contributed by atoms with Gasteiger partial charge in [0.1, 0.15) is 17.8 Å². The average Bonchev–Trinajstić information content (AvgIpc) is 2.80. The van der Waals surface area contributed by atoms with Gasteiger partial charge in [-0.3, -0.25) is 4.79 Å². The fourth-order valence-corrected chi connectivity index (χ4v) is 0.897. The molecule has 0 aromatic carbocycles. The molecule has 1 aromatic heterocycles. The Morgan fingerprint density at radius 1 is 1.75 bits per heavy atom. The van der Waals surface area contributed by atoms with Gasteiger partial charge in [0.05, 0.1) is 0 Å². The summed E-state index contributed by atoms with van der Waals surface area (Å²) in [5.41, 5.74) is 5.88. The number of nitrogens with zero attached hydrogens (tertiary/aromatic N) is 1. The van der Waals surface area contributed by atoms with Crippen molar-refractivity contribution in [1.29, 1.82) is 5.26 Å². The summed E-state index contributed by atoms with van der Waals surface area (Å²) in [5, 5.41) is 16.5. The van der Waals surface area contributed by atoms with Gasteiger partial charge in [0.15, 0.2) is 0 Å². The van der Waals surface area contributed by atoms with Gasteiger partial charge in [0, 0.05) is 6.20 Å². The number of H-pyrrole nitrogens is 1. The third-order valence-corrected chi connectivity index (χ3v) is 2.26. The van der Waals surface area contributed by atoms with Crippen molar-refractivity contribution in [2.24, 2.45) is 11.7 Å². The van der Waals surface area contributed by atoms with E-state index in [1.807, 2.05) is 19.9 Å². The number of aromatic nitrogens is 1. The first kappa shape index (κ1) is 14.2. The van der Waals surface area contributed by atoms with Gasteiger partial charge in [-0.1, -0.05) is 20.3 Å². The lowest BCUT2D eigenvalue weighted by molar-refractivity contribution is -0.139. The van der Waals surface area contributed by atoms with E-state index in [0.717, 1.165) is 6.42 Å². The number of carbonyl (C=O) groups is 1. The molecule has 2 atom stereocenters. The van der Waals surface area contributed by atoms with E-state index in [1.54, 1.807) is 18.3 Å². The summed E-state index contributed by atoms with van der Waals surface area (Å²) in [7, 11) is 0. The quantitative estimate of drug-likeness (QED) is 0.719. The molecule has 0 saturated heterocycles. The van der Waals surface area contributed by atoms with Crippen molar-refractivity contribution in [3.05, 3.63) is 24.0 Å². The number of aliphatic carboxylic acids is 1. The molecule has 0 bridgehead atoms. The number of carboxylic acids is 1. The largest absolute Gasteiger partial charge is 0.480 e. The zero-order chi connectivity index (χ0) is 12.6. The average molecular weight is 223 g/mol. The Morgan fingerprint density at radius 2 is 2.38 bits per heavy atom. The molecule has 16 heavy (non-hydrogen) atoms.